The maximum Gasteiger partial charge on any atom is 0.0564 e. The van der Waals surface area contributed by atoms with Crippen molar-refractivity contribution in [2.75, 3.05) is 0 Å². The quantitative estimate of drug-likeness (QED) is 0.825. The molecule has 2 N–H and O–H groups in total. The van der Waals surface area contributed by atoms with Crippen molar-refractivity contribution >= 4 is 22.6 Å². The molecule has 2 rings (SSSR count). The molecule has 0 amide bonds. The number of hydrogen-bond donors (Lipinski definition) is 1. The van der Waals surface area contributed by atoms with Gasteiger partial charge in [-0.3, -0.25) is 0 Å². The summed E-state index contributed by atoms with van der Waals surface area (Å²) in [5.41, 5.74) is 11.3. The fourth-order valence-corrected chi connectivity index (χ4v) is 2.79. The molecule has 1 unspecified atom stereocenters. The predicted molar refractivity (Wildman–Crippen MR) is 81.1 cm³/mol. The second-order valence-corrected chi connectivity index (χ2v) is 5.52. The second kappa shape index (κ2) is 5.19. The lowest BCUT2D eigenvalue weighted by atomic mass is 9.95. The highest BCUT2D eigenvalue weighted by Crippen LogP contribution is 2.26. The monoisotopic (exact) mass is 337 g/mol. The van der Waals surface area contributed by atoms with Crippen LogP contribution in [0.15, 0.2) is 42.5 Å². The first-order chi connectivity index (χ1) is 8.09. The first-order valence-electron chi connectivity index (χ1n) is 5.67. The number of benzene rings is 2. The minimum Gasteiger partial charge on any atom is -0.320 e. The molecule has 88 valence electrons. The summed E-state index contributed by atoms with van der Waals surface area (Å²) in [6, 6.07) is 14.7. The van der Waals surface area contributed by atoms with Gasteiger partial charge in [-0.25, -0.2) is 0 Å². The average Bonchev–Trinajstić information content (AvgIpc) is 2.29. The van der Waals surface area contributed by atoms with E-state index in [1.807, 2.05) is 12.1 Å². The molecule has 0 saturated heterocycles. The summed E-state index contributed by atoms with van der Waals surface area (Å²) >= 11 is 2.34. The van der Waals surface area contributed by atoms with Crippen LogP contribution in [0.2, 0.25) is 0 Å². The first-order valence-corrected chi connectivity index (χ1v) is 6.74. The smallest absolute Gasteiger partial charge is 0.0564 e. The van der Waals surface area contributed by atoms with Crippen LogP contribution >= 0.6 is 22.6 Å². The molecule has 0 aliphatic rings. The Bertz CT molecular complexity index is 534. The summed E-state index contributed by atoms with van der Waals surface area (Å²) in [4.78, 5) is 0. The van der Waals surface area contributed by atoms with E-state index in [0.717, 1.165) is 0 Å². The summed E-state index contributed by atoms with van der Waals surface area (Å²) < 4.78 is 1.22. The Labute approximate surface area is 116 Å². The average molecular weight is 337 g/mol. The van der Waals surface area contributed by atoms with E-state index in [1.54, 1.807) is 0 Å². The van der Waals surface area contributed by atoms with E-state index in [2.05, 4.69) is 66.8 Å². The van der Waals surface area contributed by atoms with Gasteiger partial charge in [-0.15, -0.1) is 0 Å². The molecule has 0 spiro atoms. The Balaban J connectivity index is 2.44. The molecule has 0 heterocycles. The molecule has 1 nitrogen and oxygen atoms in total. The lowest BCUT2D eigenvalue weighted by molar-refractivity contribution is 0.855. The van der Waals surface area contributed by atoms with Gasteiger partial charge in [0.25, 0.3) is 0 Å². The van der Waals surface area contributed by atoms with Crippen LogP contribution in [-0.4, -0.2) is 0 Å². The maximum absolute atomic E-state index is 6.36. The van der Waals surface area contributed by atoms with E-state index >= 15 is 0 Å². The first kappa shape index (κ1) is 12.6. The van der Waals surface area contributed by atoms with Crippen LogP contribution in [0.1, 0.15) is 28.3 Å². The van der Waals surface area contributed by atoms with Crippen molar-refractivity contribution in [2.45, 2.75) is 19.9 Å². The summed E-state index contributed by atoms with van der Waals surface area (Å²) in [6.07, 6.45) is 0. The minimum absolute atomic E-state index is 0.0382. The second-order valence-electron chi connectivity index (χ2n) is 4.36. The standard InChI is InChI=1S/C15H16IN/c1-10-7-8-12(11(2)9-10)15(17)13-5-3-4-6-14(13)16/h3-9,15H,17H2,1-2H3. The Kier molecular flexibility index (Phi) is 3.84. The van der Waals surface area contributed by atoms with Crippen molar-refractivity contribution in [1.29, 1.82) is 0 Å². The molecule has 0 bridgehead atoms. The van der Waals surface area contributed by atoms with Crippen molar-refractivity contribution in [3.05, 3.63) is 68.3 Å². The number of aryl methyl sites for hydroxylation is 2. The number of halogens is 1. The van der Waals surface area contributed by atoms with Crippen LogP contribution < -0.4 is 5.73 Å². The van der Waals surface area contributed by atoms with Crippen LogP contribution in [0.25, 0.3) is 0 Å². The normalized spacial score (nSPS) is 12.5. The van der Waals surface area contributed by atoms with Crippen molar-refractivity contribution in [3.63, 3.8) is 0 Å². The zero-order chi connectivity index (χ0) is 12.4. The lowest BCUT2D eigenvalue weighted by Crippen LogP contribution is -2.14. The van der Waals surface area contributed by atoms with Gasteiger partial charge in [-0.05, 0) is 59.2 Å². The van der Waals surface area contributed by atoms with Crippen molar-refractivity contribution < 1.29 is 0 Å². The fourth-order valence-electron chi connectivity index (χ4n) is 2.07. The van der Waals surface area contributed by atoms with E-state index < -0.39 is 0 Å². The van der Waals surface area contributed by atoms with Gasteiger partial charge in [0.05, 0.1) is 6.04 Å². The third-order valence-corrected chi connectivity index (χ3v) is 3.98. The molecule has 0 aliphatic carbocycles. The molecule has 2 heteroatoms. The molecule has 0 aromatic heterocycles. The highest BCUT2D eigenvalue weighted by Gasteiger charge is 2.13. The van der Waals surface area contributed by atoms with Gasteiger partial charge in [0.15, 0.2) is 0 Å². The highest BCUT2D eigenvalue weighted by molar-refractivity contribution is 14.1. The molecule has 2 aromatic rings. The lowest BCUT2D eigenvalue weighted by Gasteiger charge is -2.17. The molecule has 0 saturated carbocycles. The SMILES string of the molecule is Cc1ccc(C(N)c2ccccc2I)c(C)c1. The number of rotatable bonds is 2. The van der Waals surface area contributed by atoms with Gasteiger partial charge in [-0.1, -0.05) is 42.0 Å². The number of hydrogen-bond acceptors (Lipinski definition) is 1. The van der Waals surface area contributed by atoms with Crippen LogP contribution in [0.4, 0.5) is 0 Å². The van der Waals surface area contributed by atoms with Gasteiger partial charge in [0.2, 0.25) is 0 Å². The van der Waals surface area contributed by atoms with Crippen LogP contribution in [0, 0.1) is 17.4 Å². The third-order valence-electron chi connectivity index (χ3n) is 3.00. The topological polar surface area (TPSA) is 26.0 Å². The van der Waals surface area contributed by atoms with E-state index in [0.29, 0.717) is 0 Å². The molecule has 0 aliphatic heterocycles. The molecular weight excluding hydrogens is 321 g/mol. The predicted octanol–water partition coefficient (Wildman–Crippen LogP) is 3.96. The summed E-state index contributed by atoms with van der Waals surface area (Å²) in [6.45, 7) is 4.23. The Morgan fingerprint density at radius 1 is 1.00 bits per heavy atom. The summed E-state index contributed by atoms with van der Waals surface area (Å²) in [7, 11) is 0. The number of nitrogens with two attached hydrogens (primary N) is 1. The van der Waals surface area contributed by atoms with E-state index in [1.165, 1.54) is 25.8 Å². The fraction of sp³-hybridized carbons (Fsp3) is 0.200. The van der Waals surface area contributed by atoms with Crippen molar-refractivity contribution in [2.24, 2.45) is 5.73 Å². The summed E-state index contributed by atoms with van der Waals surface area (Å²) in [5.74, 6) is 0. The van der Waals surface area contributed by atoms with Crippen molar-refractivity contribution in [1.82, 2.24) is 0 Å². The van der Waals surface area contributed by atoms with E-state index in [9.17, 15) is 0 Å². The third kappa shape index (κ3) is 2.69. The van der Waals surface area contributed by atoms with E-state index in [4.69, 9.17) is 5.73 Å². The van der Waals surface area contributed by atoms with E-state index in [-0.39, 0.29) is 6.04 Å². The van der Waals surface area contributed by atoms with Crippen LogP contribution in [-0.2, 0) is 0 Å². The van der Waals surface area contributed by atoms with Gasteiger partial charge < -0.3 is 5.73 Å². The summed E-state index contributed by atoms with van der Waals surface area (Å²) in [5, 5.41) is 0. The Hall–Kier alpha value is -0.870. The van der Waals surface area contributed by atoms with Gasteiger partial charge in [0.1, 0.15) is 0 Å². The maximum atomic E-state index is 6.36. The molecule has 17 heavy (non-hydrogen) atoms. The molecular formula is C15H16IN. The van der Waals surface area contributed by atoms with Crippen molar-refractivity contribution in [3.8, 4) is 0 Å². The zero-order valence-electron chi connectivity index (χ0n) is 10.1. The minimum atomic E-state index is -0.0382. The van der Waals surface area contributed by atoms with Gasteiger partial charge in [-0.2, -0.15) is 0 Å². The van der Waals surface area contributed by atoms with Gasteiger partial charge >= 0.3 is 0 Å². The Morgan fingerprint density at radius 3 is 2.35 bits per heavy atom. The largest absolute Gasteiger partial charge is 0.320 e. The Morgan fingerprint density at radius 2 is 1.71 bits per heavy atom. The molecule has 0 radical (unpaired) electrons. The van der Waals surface area contributed by atoms with Gasteiger partial charge in [0, 0.05) is 3.57 Å². The van der Waals surface area contributed by atoms with Crippen LogP contribution in [0.5, 0.6) is 0 Å². The molecule has 2 aromatic carbocycles. The zero-order valence-corrected chi connectivity index (χ0v) is 12.2. The highest BCUT2D eigenvalue weighted by atomic mass is 127. The molecule has 1 atom stereocenters. The van der Waals surface area contributed by atoms with Crippen LogP contribution in [0.3, 0.4) is 0 Å². The molecule has 0 fully saturated rings.